The summed E-state index contributed by atoms with van der Waals surface area (Å²) < 4.78 is 4.81. The lowest BCUT2D eigenvalue weighted by Gasteiger charge is -2.14. The van der Waals surface area contributed by atoms with E-state index in [0.29, 0.717) is 18.5 Å². The minimum atomic E-state index is -0.895. The van der Waals surface area contributed by atoms with E-state index in [1.807, 2.05) is 38.1 Å². The molecule has 1 aliphatic carbocycles. The van der Waals surface area contributed by atoms with Crippen LogP contribution in [0.3, 0.4) is 0 Å². The van der Waals surface area contributed by atoms with Crippen LogP contribution >= 0.6 is 0 Å². The number of nitrogens with zero attached hydrogens (tertiary/aromatic N) is 1. The molecule has 1 aromatic rings. The number of anilines is 1. The van der Waals surface area contributed by atoms with E-state index in [1.165, 1.54) is 0 Å². The topological polar surface area (TPSA) is 122 Å². The van der Waals surface area contributed by atoms with Crippen LogP contribution in [0.5, 0.6) is 0 Å². The third-order valence-corrected chi connectivity index (χ3v) is 5.13. The molecule has 1 saturated heterocycles. The zero-order chi connectivity index (χ0) is 21.8. The van der Waals surface area contributed by atoms with E-state index >= 15 is 0 Å². The van der Waals surface area contributed by atoms with E-state index in [0.717, 1.165) is 16.0 Å². The van der Waals surface area contributed by atoms with Gasteiger partial charge in [-0.25, -0.2) is 4.79 Å². The number of carbonyl (C=O) groups is 5. The van der Waals surface area contributed by atoms with E-state index < -0.39 is 54.7 Å². The Morgan fingerprint density at radius 1 is 1.07 bits per heavy atom. The van der Waals surface area contributed by atoms with Crippen LogP contribution in [0.25, 0.3) is 0 Å². The number of urea groups is 1. The fraction of sp³-hybridized carbons (Fsp3) is 0.381. The number of aryl methyl sites for hydroxylation is 2. The molecule has 1 aromatic carbocycles. The van der Waals surface area contributed by atoms with Gasteiger partial charge in [0.2, 0.25) is 11.8 Å². The fourth-order valence-electron chi connectivity index (χ4n) is 3.62. The molecule has 0 radical (unpaired) electrons. The van der Waals surface area contributed by atoms with Crippen molar-refractivity contribution in [3.8, 4) is 0 Å². The molecule has 0 aromatic heterocycles. The molecule has 0 saturated carbocycles. The quantitative estimate of drug-likeness (QED) is 0.428. The Kier molecular flexibility index (Phi) is 6.29. The number of hydrogen-bond donors (Lipinski definition) is 2. The van der Waals surface area contributed by atoms with Crippen LogP contribution in [0.4, 0.5) is 10.5 Å². The van der Waals surface area contributed by atoms with Gasteiger partial charge in [-0.15, -0.1) is 0 Å². The van der Waals surface area contributed by atoms with Crippen LogP contribution in [-0.2, 0) is 23.9 Å². The average molecular weight is 413 g/mol. The van der Waals surface area contributed by atoms with Crippen LogP contribution in [-0.4, -0.2) is 47.8 Å². The Balaban J connectivity index is 1.44. The molecule has 1 heterocycles. The van der Waals surface area contributed by atoms with E-state index in [9.17, 15) is 24.0 Å². The number of esters is 1. The van der Waals surface area contributed by atoms with Gasteiger partial charge in [0.05, 0.1) is 11.8 Å². The van der Waals surface area contributed by atoms with Gasteiger partial charge in [0.15, 0.2) is 6.61 Å². The van der Waals surface area contributed by atoms with Crippen molar-refractivity contribution >= 4 is 35.4 Å². The Hall–Kier alpha value is -3.49. The van der Waals surface area contributed by atoms with Gasteiger partial charge in [-0.2, -0.15) is 0 Å². The molecule has 9 heteroatoms. The first-order valence-electron chi connectivity index (χ1n) is 9.60. The number of nitrogens with one attached hydrogen (secondary N) is 2. The van der Waals surface area contributed by atoms with E-state index in [4.69, 9.17) is 4.74 Å². The lowest BCUT2D eigenvalue weighted by atomic mass is 9.85. The highest BCUT2D eigenvalue weighted by molar-refractivity contribution is 6.07. The molecule has 3 rings (SSSR count). The van der Waals surface area contributed by atoms with Crippen LogP contribution in [0.15, 0.2) is 30.4 Å². The van der Waals surface area contributed by atoms with Gasteiger partial charge in [-0.1, -0.05) is 29.8 Å². The van der Waals surface area contributed by atoms with Gasteiger partial charge in [-0.3, -0.25) is 29.4 Å². The summed E-state index contributed by atoms with van der Waals surface area (Å²) >= 11 is 0. The van der Waals surface area contributed by atoms with E-state index in [-0.39, 0.29) is 0 Å². The SMILES string of the molecule is Cc1ccc(NC(=O)NC(=O)COC(=O)CN2C(=O)[C@@H]3CC=CC[C@H]3C2=O)c(C)c1. The molecular weight excluding hydrogens is 390 g/mol. The average Bonchev–Trinajstić information content (AvgIpc) is 2.94. The molecule has 5 amide bonds. The van der Waals surface area contributed by atoms with Crippen LogP contribution in [0.2, 0.25) is 0 Å². The third kappa shape index (κ3) is 4.73. The molecule has 1 fully saturated rings. The number of amides is 5. The Bertz CT molecular complexity index is 913. The first-order chi connectivity index (χ1) is 14.3. The van der Waals surface area contributed by atoms with Gasteiger partial charge >= 0.3 is 12.0 Å². The molecule has 0 bridgehead atoms. The number of rotatable bonds is 5. The number of imide groups is 2. The van der Waals surface area contributed by atoms with Crippen molar-refractivity contribution in [3.63, 3.8) is 0 Å². The van der Waals surface area contributed by atoms with Crippen molar-refractivity contribution in [1.29, 1.82) is 0 Å². The summed E-state index contributed by atoms with van der Waals surface area (Å²) in [6, 6.07) is 4.65. The first kappa shape index (κ1) is 21.2. The van der Waals surface area contributed by atoms with Gasteiger partial charge in [0, 0.05) is 5.69 Å². The van der Waals surface area contributed by atoms with Gasteiger partial charge in [0.25, 0.3) is 5.91 Å². The highest BCUT2D eigenvalue weighted by atomic mass is 16.5. The van der Waals surface area contributed by atoms with Crippen LogP contribution in [0, 0.1) is 25.7 Å². The number of benzene rings is 1. The Labute approximate surface area is 173 Å². The third-order valence-electron chi connectivity index (χ3n) is 5.13. The summed E-state index contributed by atoms with van der Waals surface area (Å²) in [5, 5.41) is 4.60. The van der Waals surface area contributed by atoms with E-state index in [2.05, 4.69) is 10.6 Å². The van der Waals surface area contributed by atoms with Crippen molar-refractivity contribution in [2.24, 2.45) is 11.8 Å². The number of likely N-dealkylation sites (tertiary alicyclic amines) is 1. The molecule has 30 heavy (non-hydrogen) atoms. The van der Waals surface area contributed by atoms with Crippen molar-refractivity contribution in [1.82, 2.24) is 10.2 Å². The zero-order valence-corrected chi connectivity index (χ0v) is 16.8. The molecular formula is C21H23N3O6. The molecule has 9 nitrogen and oxygen atoms in total. The van der Waals surface area contributed by atoms with Crippen LogP contribution in [0.1, 0.15) is 24.0 Å². The molecule has 2 N–H and O–H groups in total. The van der Waals surface area contributed by atoms with Gasteiger partial charge < -0.3 is 10.1 Å². The standard InChI is InChI=1S/C21H23N3O6/c1-12-7-8-16(13(2)9-12)22-21(29)23-17(25)11-30-18(26)10-24-19(27)14-5-3-4-6-15(14)20(24)28/h3-4,7-9,14-15H,5-6,10-11H2,1-2H3,(H2,22,23,25,29)/t14-,15-/m1/s1. The minimum Gasteiger partial charge on any atom is -0.454 e. The fourth-order valence-corrected chi connectivity index (χ4v) is 3.62. The second-order valence-electron chi connectivity index (χ2n) is 7.40. The number of fused-ring (bicyclic) bond motifs is 1. The van der Waals surface area contributed by atoms with Crippen molar-refractivity contribution < 1.29 is 28.7 Å². The maximum Gasteiger partial charge on any atom is 0.326 e. The highest BCUT2D eigenvalue weighted by Crippen LogP contribution is 2.34. The van der Waals surface area contributed by atoms with Crippen LogP contribution < -0.4 is 10.6 Å². The molecule has 2 aliphatic rings. The minimum absolute atomic E-state index is 0.399. The molecule has 158 valence electrons. The molecule has 0 unspecified atom stereocenters. The first-order valence-corrected chi connectivity index (χ1v) is 9.60. The lowest BCUT2D eigenvalue weighted by molar-refractivity contribution is -0.154. The maximum atomic E-state index is 12.3. The summed E-state index contributed by atoms with van der Waals surface area (Å²) in [4.78, 5) is 61.3. The van der Waals surface area contributed by atoms with E-state index in [1.54, 1.807) is 6.07 Å². The second kappa shape index (κ2) is 8.89. The Morgan fingerprint density at radius 3 is 2.30 bits per heavy atom. The lowest BCUT2D eigenvalue weighted by Crippen LogP contribution is -2.40. The number of allylic oxidation sites excluding steroid dienone is 2. The summed E-state index contributed by atoms with van der Waals surface area (Å²) in [7, 11) is 0. The second-order valence-corrected chi connectivity index (χ2v) is 7.40. The van der Waals surface area contributed by atoms with Crippen molar-refractivity contribution in [3.05, 3.63) is 41.5 Å². The number of carbonyl (C=O) groups excluding carboxylic acids is 5. The van der Waals surface area contributed by atoms with Gasteiger partial charge in [-0.05, 0) is 38.3 Å². The monoisotopic (exact) mass is 413 g/mol. The molecule has 2 atom stereocenters. The van der Waals surface area contributed by atoms with Gasteiger partial charge in [0.1, 0.15) is 6.54 Å². The number of ether oxygens (including phenoxy) is 1. The summed E-state index contributed by atoms with van der Waals surface area (Å²) in [5.41, 5.74) is 2.41. The van der Waals surface area contributed by atoms with Crippen molar-refractivity contribution in [2.45, 2.75) is 26.7 Å². The predicted molar refractivity (Wildman–Crippen MR) is 106 cm³/mol. The highest BCUT2D eigenvalue weighted by Gasteiger charge is 2.47. The molecule has 0 spiro atoms. The normalized spacial score (nSPS) is 20.0. The summed E-state index contributed by atoms with van der Waals surface area (Å²) in [6.45, 7) is 2.48. The summed E-state index contributed by atoms with van der Waals surface area (Å²) in [5.74, 6) is -3.40. The maximum absolute atomic E-state index is 12.3. The zero-order valence-electron chi connectivity index (χ0n) is 16.8. The summed E-state index contributed by atoms with van der Waals surface area (Å²) in [6.07, 6.45) is 4.64. The predicted octanol–water partition coefficient (Wildman–Crippen LogP) is 1.45. The smallest absolute Gasteiger partial charge is 0.326 e. The molecule has 1 aliphatic heterocycles. The largest absolute Gasteiger partial charge is 0.454 e. The Morgan fingerprint density at radius 2 is 1.70 bits per heavy atom. The van der Waals surface area contributed by atoms with Crippen molar-refractivity contribution in [2.75, 3.05) is 18.5 Å². The number of hydrogen-bond acceptors (Lipinski definition) is 6.